The smallest absolute Gasteiger partial charge is 0.269 e. The maximum Gasteiger partial charge on any atom is 0.269 e. The maximum absolute atomic E-state index is 10.7. The van der Waals surface area contributed by atoms with Gasteiger partial charge >= 0.3 is 0 Å². The Morgan fingerprint density at radius 1 is 1.09 bits per heavy atom. The van der Waals surface area contributed by atoms with Gasteiger partial charge in [-0.25, -0.2) is 0 Å². The normalized spacial score (nSPS) is 11.5. The third-order valence-electron chi connectivity index (χ3n) is 2.90. The summed E-state index contributed by atoms with van der Waals surface area (Å²) in [4.78, 5) is 11.2. The second-order valence-electron chi connectivity index (χ2n) is 4.89. The first-order chi connectivity index (χ1) is 10.4. The van der Waals surface area contributed by atoms with Crippen molar-refractivity contribution in [2.24, 2.45) is 0 Å². The van der Waals surface area contributed by atoms with Crippen LogP contribution in [0.15, 0.2) is 29.2 Å². The molecule has 0 saturated carbocycles. The molecule has 0 aliphatic rings. The van der Waals surface area contributed by atoms with E-state index in [1.165, 1.54) is 12.1 Å². The van der Waals surface area contributed by atoms with Crippen LogP contribution in [-0.2, 0) is 14.3 Å². The van der Waals surface area contributed by atoms with Crippen LogP contribution in [0.4, 0.5) is 5.69 Å². The molecule has 8 heteroatoms. The summed E-state index contributed by atoms with van der Waals surface area (Å²) in [6, 6.07) is 6.57. The highest BCUT2D eigenvalue weighted by Gasteiger charge is 2.04. The lowest BCUT2D eigenvalue weighted by Gasteiger charge is -2.03. The lowest BCUT2D eigenvalue weighted by molar-refractivity contribution is -0.384. The van der Waals surface area contributed by atoms with Crippen molar-refractivity contribution < 1.29 is 17.5 Å². The van der Waals surface area contributed by atoms with Gasteiger partial charge in [0, 0.05) is 17.0 Å². The molecule has 0 bridgehead atoms. The molecule has 0 aromatic heterocycles. The number of thioether (sulfide) groups is 1. The number of nitrogens with zero attached hydrogens (tertiary/aromatic N) is 1. The van der Waals surface area contributed by atoms with Crippen molar-refractivity contribution in [3.63, 3.8) is 0 Å². The number of hydrogen-bond donors (Lipinski definition) is 0. The van der Waals surface area contributed by atoms with Gasteiger partial charge in [0.15, 0.2) is 0 Å². The number of hydrogen-bond acceptors (Lipinski definition) is 6. The molecule has 0 fully saturated rings. The quantitative estimate of drug-likeness (QED) is 0.200. The Balaban J connectivity index is 2.02. The van der Waals surface area contributed by atoms with Gasteiger partial charge in [-0.15, -0.1) is 11.8 Å². The number of rotatable bonds is 11. The first kappa shape index (κ1) is 18.9. The molecule has 0 aliphatic carbocycles. The lowest BCUT2D eigenvalue weighted by atomic mass is 10.2. The van der Waals surface area contributed by atoms with Crippen LogP contribution < -0.4 is 0 Å². The van der Waals surface area contributed by atoms with Crippen molar-refractivity contribution in [1.29, 1.82) is 0 Å². The topological polar surface area (TPSA) is 86.5 Å². The molecule has 0 spiro atoms. The van der Waals surface area contributed by atoms with Crippen molar-refractivity contribution >= 4 is 27.6 Å². The summed E-state index contributed by atoms with van der Waals surface area (Å²) in [6.07, 6.45) is 5.96. The highest BCUT2D eigenvalue weighted by atomic mass is 32.2. The van der Waals surface area contributed by atoms with Crippen LogP contribution in [0.2, 0.25) is 0 Å². The Bertz CT molecular complexity index is 557. The second-order valence-corrected chi connectivity index (χ2v) is 7.71. The summed E-state index contributed by atoms with van der Waals surface area (Å²) in [7, 11) is -3.31. The molecule has 0 saturated heterocycles. The molecule has 0 N–H and O–H groups in total. The fourth-order valence-electron chi connectivity index (χ4n) is 1.80. The lowest BCUT2D eigenvalue weighted by Crippen LogP contribution is -2.03. The fraction of sp³-hybridized carbons (Fsp3) is 0.571. The van der Waals surface area contributed by atoms with Gasteiger partial charge in [-0.2, -0.15) is 8.42 Å². The van der Waals surface area contributed by atoms with E-state index in [4.69, 9.17) is 0 Å². The zero-order valence-corrected chi connectivity index (χ0v) is 14.2. The van der Waals surface area contributed by atoms with Crippen molar-refractivity contribution in [3.05, 3.63) is 34.4 Å². The van der Waals surface area contributed by atoms with Crippen molar-refractivity contribution in [2.75, 3.05) is 18.6 Å². The standard InChI is InChI=1S/C14H21NO5S2/c1-22(18,19)20-11-5-3-2-4-6-12-21-14-9-7-13(8-10-14)15(16)17/h7-10H,2-6,11-12H2,1H3. The molecule has 124 valence electrons. The van der Waals surface area contributed by atoms with E-state index < -0.39 is 15.0 Å². The number of nitro groups is 1. The van der Waals surface area contributed by atoms with Gasteiger partial charge in [-0.1, -0.05) is 19.3 Å². The predicted octanol–water partition coefficient (Wildman–Crippen LogP) is 3.61. The van der Waals surface area contributed by atoms with Crippen LogP contribution >= 0.6 is 11.8 Å². The largest absolute Gasteiger partial charge is 0.270 e. The van der Waals surface area contributed by atoms with E-state index in [2.05, 4.69) is 4.18 Å². The van der Waals surface area contributed by atoms with E-state index in [0.717, 1.165) is 49.0 Å². The van der Waals surface area contributed by atoms with E-state index in [9.17, 15) is 18.5 Å². The molecule has 0 atom stereocenters. The maximum atomic E-state index is 10.7. The fourth-order valence-corrected chi connectivity index (χ4v) is 3.13. The molecule has 1 aromatic carbocycles. The molecule has 1 rings (SSSR count). The number of benzene rings is 1. The molecule has 0 radical (unpaired) electrons. The number of nitro benzene ring substituents is 1. The van der Waals surface area contributed by atoms with Gasteiger partial charge < -0.3 is 0 Å². The van der Waals surface area contributed by atoms with Crippen molar-refractivity contribution in [2.45, 2.75) is 37.0 Å². The minimum atomic E-state index is -3.31. The highest BCUT2D eigenvalue weighted by Crippen LogP contribution is 2.22. The Morgan fingerprint density at radius 3 is 2.27 bits per heavy atom. The third kappa shape index (κ3) is 9.01. The SMILES string of the molecule is CS(=O)(=O)OCCCCCCCSc1ccc([N+](=O)[O-])cc1. The molecule has 1 aromatic rings. The molecule has 0 heterocycles. The van der Waals surface area contributed by atoms with E-state index in [1.807, 2.05) is 0 Å². The Kier molecular flexibility index (Phi) is 8.44. The van der Waals surface area contributed by atoms with Crippen LogP contribution in [0.1, 0.15) is 32.1 Å². The van der Waals surface area contributed by atoms with E-state index in [1.54, 1.807) is 23.9 Å². The molecule has 0 amide bonds. The minimum absolute atomic E-state index is 0.112. The van der Waals surface area contributed by atoms with Crippen LogP contribution in [0.3, 0.4) is 0 Å². The predicted molar refractivity (Wildman–Crippen MR) is 87.7 cm³/mol. The van der Waals surface area contributed by atoms with E-state index >= 15 is 0 Å². The summed E-state index contributed by atoms with van der Waals surface area (Å²) in [5.74, 6) is 0.970. The van der Waals surface area contributed by atoms with Crippen LogP contribution in [0.25, 0.3) is 0 Å². The zero-order chi connectivity index (χ0) is 16.4. The molecule has 22 heavy (non-hydrogen) atoms. The summed E-state index contributed by atoms with van der Waals surface area (Å²) >= 11 is 1.69. The molecular weight excluding hydrogens is 326 g/mol. The Labute approximate surface area is 135 Å². The average molecular weight is 347 g/mol. The second kappa shape index (κ2) is 9.81. The average Bonchev–Trinajstić information content (AvgIpc) is 2.45. The minimum Gasteiger partial charge on any atom is -0.270 e. The van der Waals surface area contributed by atoms with Crippen molar-refractivity contribution in [3.8, 4) is 0 Å². The summed E-state index contributed by atoms with van der Waals surface area (Å²) in [5.41, 5.74) is 0.112. The van der Waals surface area contributed by atoms with E-state index in [-0.39, 0.29) is 12.3 Å². The van der Waals surface area contributed by atoms with Crippen LogP contribution in [-0.4, -0.2) is 32.0 Å². The van der Waals surface area contributed by atoms with Crippen LogP contribution in [0.5, 0.6) is 0 Å². The summed E-state index contributed by atoms with van der Waals surface area (Å²) in [5, 5.41) is 10.5. The number of unbranched alkanes of at least 4 members (excludes halogenated alkanes) is 4. The summed E-state index contributed by atoms with van der Waals surface area (Å²) in [6.45, 7) is 0.260. The molecular formula is C14H21NO5S2. The van der Waals surface area contributed by atoms with Gasteiger partial charge in [0.25, 0.3) is 15.8 Å². The van der Waals surface area contributed by atoms with Crippen molar-refractivity contribution in [1.82, 2.24) is 0 Å². The summed E-state index contributed by atoms with van der Waals surface area (Å²) < 4.78 is 26.1. The van der Waals surface area contributed by atoms with Crippen LogP contribution in [0, 0.1) is 10.1 Å². The van der Waals surface area contributed by atoms with Gasteiger partial charge in [-0.05, 0) is 30.7 Å². The molecule has 6 nitrogen and oxygen atoms in total. The Morgan fingerprint density at radius 2 is 1.68 bits per heavy atom. The Hall–Kier alpha value is -1.12. The first-order valence-electron chi connectivity index (χ1n) is 7.10. The van der Waals surface area contributed by atoms with E-state index in [0.29, 0.717) is 0 Å². The first-order valence-corrected chi connectivity index (χ1v) is 9.90. The zero-order valence-electron chi connectivity index (χ0n) is 12.6. The third-order valence-corrected chi connectivity index (χ3v) is 4.60. The van der Waals surface area contributed by atoms with Gasteiger partial charge in [0.05, 0.1) is 17.8 Å². The monoisotopic (exact) mass is 347 g/mol. The van der Waals surface area contributed by atoms with Gasteiger partial charge in [-0.3, -0.25) is 14.3 Å². The molecule has 0 aliphatic heterocycles. The van der Waals surface area contributed by atoms with Gasteiger partial charge in [0.1, 0.15) is 0 Å². The number of non-ortho nitro benzene ring substituents is 1. The highest BCUT2D eigenvalue weighted by molar-refractivity contribution is 7.99. The van der Waals surface area contributed by atoms with Gasteiger partial charge in [0.2, 0.25) is 0 Å². The molecule has 0 unspecified atom stereocenters.